The minimum atomic E-state index is -0.485. The SMILES string of the molecule is CCOC(=O)CC#Cc1ccc(C)cc1[N+](=O)[O-]. The van der Waals surface area contributed by atoms with E-state index in [0.717, 1.165) is 5.56 Å². The molecule has 0 heterocycles. The second-order valence-electron chi connectivity index (χ2n) is 3.56. The van der Waals surface area contributed by atoms with Gasteiger partial charge in [-0.15, -0.1) is 0 Å². The molecule has 0 spiro atoms. The lowest BCUT2D eigenvalue weighted by Gasteiger charge is -1.97. The Hall–Kier alpha value is -2.35. The van der Waals surface area contributed by atoms with Gasteiger partial charge in [0.2, 0.25) is 0 Å². The van der Waals surface area contributed by atoms with Crippen molar-refractivity contribution in [3.8, 4) is 11.8 Å². The zero-order valence-electron chi connectivity index (χ0n) is 10.2. The molecule has 0 aliphatic heterocycles. The summed E-state index contributed by atoms with van der Waals surface area (Å²) < 4.78 is 4.70. The molecule has 0 saturated carbocycles. The zero-order valence-corrected chi connectivity index (χ0v) is 10.2. The molecule has 94 valence electrons. The summed E-state index contributed by atoms with van der Waals surface area (Å²) in [4.78, 5) is 21.4. The smallest absolute Gasteiger partial charge is 0.317 e. The van der Waals surface area contributed by atoms with Gasteiger partial charge in [-0.25, -0.2) is 0 Å². The van der Waals surface area contributed by atoms with Crippen molar-refractivity contribution in [2.45, 2.75) is 20.3 Å². The van der Waals surface area contributed by atoms with E-state index in [-0.39, 0.29) is 12.1 Å². The molecular formula is C13H13NO4. The molecule has 0 N–H and O–H groups in total. The molecule has 0 radical (unpaired) electrons. The number of esters is 1. The summed E-state index contributed by atoms with van der Waals surface area (Å²) in [6.45, 7) is 3.77. The lowest BCUT2D eigenvalue weighted by Crippen LogP contribution is -2.01. The molecule has 18 heavy (non-hydrogen) atoms. The molecule has 0 amide bonds. The minimum absolute atomic E-state index is 0.0497. The van der Waals surface area contributed by atoms with Crippen molar-refractivity contribution in [2.75, 3.05) is 6.61 Å². The predicted octanol–water partition coefficient (Wildman–Crippen LogP) is 2.21. The number of nitro groups is 1. The van der Waals surface area contributed by atoms with Gasteiger partial charge in [0.15, 0.2) is 0 Å². The van der Waals surface area contributed by atoms with E-state index >= 15 is 0 Å². The summed E-state index contributed by atoms with van der Waals surface area (Å²) >= 11 is 0. The maximum absolute atomic E-state index is 11.0. The highest BCUT2D eigenvalue weighted by molar-refractivity contribution is 5.72. The Morgan fingerprint density at radius 1 is 1.50 bits per heavy atom. The highest BCUT2D eigenvalue weighted by Crippen LogP contribution is 2.18. The number of carbonyl (C=O) groups excluding carboxylic acids is 1. The summed E-state index contributed by atoms with van der Waals surface area (Å²) in [6, 6.07) is 4.77. The minimum Gasteiger partial charge on any atom is -0.465 e. The normalized spacial score (nSPS) is 9.22. The van der Waals surface area contributed by atoms with Crippen LogP contribution in [0.4, 0.5) is 5.69 Å². The number of hydrogen-bond donors (Lipinski definition) is 0. The third-order valence-corrected chi connectivity index (χ3v) is 2.11. The van der Waals surface area contributed by atoms with Crippen LogP contribution in [0.25, 0.3) is 0 Å². The fraction of sp³-hybridized carbons (Fsp3) is 0.308. The Labute approximate surface area is 105 Å². The molecule has 0 aliphatic rings. The first-order valence-corrected chi connectivity index (χ1v) is 5.44. The molecule has 5 nitrogen and oxygen atoms in total. The van der Waals surface area contributed by atoms with Crippen molar-refractivity contribution in [3.05, 3.63) is 39.4 Å². The van der Waals surface area contributed by atoms with Gasteiger partial charge in [0.1, 0.15) is 12.0 Å². The monoisotopic (exact) mass is 247 g/mol. The van der Waals surface area contributed by atoms with E-state index in [1.165, 1.54) is 6.07 Å². The number of nitro benzene ring substituents is 1. The Morgan fingerprint density at radius 3 is 2.83 bits per heavy atom. The Bertz CT molecular complexity index is 526. The van der Waals surface area contributed by atoms with Crippen LogP contribution in [0.1, 0.15) is 24.5 Å². The first kappa shape index (κ1) is 13.7. The van der Waals surface area contributed by atoms with Crippen molar-refractivity contribution in [1.82, 2.24) is 0 Å². The standard InChI is InChI=1S/C13H13NO4/c1-3-18-13(15)6-4-5-11-8-7-10(2)9-12(11)14(16)17/h7-9H,3,6H2,1-2H3. The van der Waals surface area contributed by atoms with Crippen molar-refractivity contribution in [3.63, 3.8) is 0 Å². The fourth-order valence-electron chi connectivity index (χ4n) is 1.32. The molecule has 0 aromatic heterocycles. The van der Waals surface area contributed by atoms with Gasteiger partial charge in [0.25, 0.3) is 5.69 Å². The Morgan fingerprint density at radius 2 is 2.22 bits per heavy atom. The number of hydrogen-bond acceptors (Lipinski definition) is 4. The average Bonchev–Trinajstić information content (AvgIpc) is 2.31. The Kier molecular flexibility index (Phi) is 4.88. The van der Waals surface area contributed by atoms with Gasteiger partial charge < -0.3 is 4.74 Å². The molecular weight excluding hydrogens is 234 g/mol. The van der Waals surface area contributed by atoms with E-state index in [0.29, 0.717) is 12.2 Å². The summed E-state index contributed by atoms with van der Waals surface area (Å²) in [5.41, 5.74) is 1.04. The van der Waals surface area contributed by atoms with Crippen LogP contribution in [0.15, 0.2) is 18.2 Å². The summed E-state index contributed by atoms with van der Waals surface area (Å²) in [7, 11) is 0. The van der Waals surface area contributed by atoms with Crippen molar-refractivity contribution >= 4 is 11.7 Å². The van der Waals surface area contributed by atoms with Gasteiger partial charge in [-0.1, -0.05) is 17.9 Å². The summed E-state index contributed by atoms with van der Waals surface area (Å²) in [5, 5.41) is 10.8. The number of benzene rings is 1. The van der Waals surface area contributed by atoms with Crippen molar-refractivity contribution in [1.29, 1.82) is 0 Å². The van der Waals surface area contributed by atoms with E-state index in [2.05, 4.69) is 11.8 Å². The summed E-state index contributed by atoms with van der Waals surface area (Å²) in [5.74, 6) is 4.76. The van der Waals surface area contributed by atoms with Crippen LogP contribution in [0.3, 0.4) is 0 Å². The quantitative estimate of drug-likeness (QED) is 0.355. The van der Waals surface area contributed by atoms with Crippen LogP contribution in [0, 0.1) is 28.9 Å². The van der Waals surface area contributed by atoms with Crippen LogP contribution >= 0.6 is 0 Å². The fourth-order valence-corrected chi connectivity index (χ4v) is 1.32. The van der Waals surface area contributed by atoms with Crippen LogP contribution in [-0.2, 0) is 9.53 Å². The zero-order chi connectivity index (χ0) is 13.5. The first-order valence-electron chi connectivity index (χ1n) is 5.44. The van der Waals surface area contributed by atoms with E-state index in [4.69, 9.17) is 4.74 Å². The van der Waals surface area contributed by atoms with E-state index in [1.54, 1.807) is 26.0 Å². The van der Waals surface area contributed by atoms with Gasteiger partial charge in [-0.05, 0) is 25.5 Å². The molecule has 0 atom stereocenters. The van der Waals surface area contributed by atoms with E-state index in [9.17, 15) is 14.9 Å². The van der Waals surface area contributed by atoms with Gasteiger partial charge in [0.05, 0.1) is 11.5 Å². The molecule has 5 heteroatoms. The molecule has 1 aromatic carbocycles. The molecule has 0 unspecified atom stereocenters. The lowest BCUT2D eigenvalue weighted by atomic mass is 10.1. The Balaban J connectivity index is 2.88. The number of aryl methyl sites for hydroxylation is 1. The molecule has 0 bridgehead atoms. The van der Waals surface area contributed by atoms with Gasteiger partial charge >= 0.3 is 5.97 Å². The maximum Gasteiger partial charge on any atom is 0.317 e. The molecule has 0 fully saturated rings. The number of ether oxygens (including phenoxy) is 1. The third-order valence-electron chi connectivity index (χ3n) is 2.11. The largest absolute Gasteiger partial charge is 0.465 e. The van der Waals surface area contributed by atoms with Gasteiger partial charge in [-0.3, -0.25) is 14.9 Å². The second kappa shape index (κ2) is 6.40. The van der Waals surface area contributed by atoms with Crippen LogP contribution < -0.4 is 0 Å². The number of carbonyl (C=O) groups is 1. The average molecular weight is 247 g/mol. The number of rotatable bonds is 3. The van der Waals surface area contributed by atoms with Gasteiger partial charge in [-0.2, -0.15) is 0 Å². The van der Waals surface area contributed by atoms with E-state index < -0.39 is 10.9 Å². The molecule has 0 aliphatic carbocycles. The van der Waals surface area contributed by atoms with Crippen LogP contribution in [0.5, 0.6) is 0 Å². The molecule has 0 saturated heterocycles. The maximum atomic E-state index is 11.0. The topological polar surface area (TPSA) is 69.4 Å². The van der Waals surface area contributed by atoms with Crippen LogP contribution in [-0.4, -0.2) is 17.5 Å². The summed E-state index contributed by atoms with van der Waals surface area (Å²) in [6.07, 6.45) is -0.0706. The van der Waals surface area contributed by atoms with E-state index in [1.807, 2.05) is 0 Å². The van der Waals surface area contributed by atoms with Crippen molar-refractivity contribution in [2.24, 2.45) is 0 Å². The molecule has 1 rings (SSSR count). The highest BCUT2D eigenvalue weighted by Gasteiger charge is 2.11. The first-order chi connectivity index (χ1) is 8.54. The van der Waals surface area contributed by atoms with Crippen molar-refractivity contribution < 1.29 is 14.5 Å². The lowest BCUT2D eigenvalue weighted by molar-refractivity contribution is -0.385. The predicted molar refractivity (Wildman–Crippen MR) is 66.0 cm³/mol. The van der Waals surface area contributed by atoms with Gasteiger partial charge in [0, 0.05) is 6.07 Å². The van der Waals surface area contributed by atoms with Crippen LogP contribution in [0.2, 0.25) is 0 Å². The molecule has 1 aromatic rings. The number of nitrogens with zero attached hydrogens (tertiary/aromatic N) is 1. The third kappa shape index (κ3) is 3.91. The second-order valence-corrected chi connectivity index (χ2v) is 3.56. The highest BCUT2D eigenvalue weighted by atomic mass is 16.6.